The summed E-state index contributed by atoms with van der Waals surface area (Å²) in [5.41, 5.74) is -1.03. The van der Waals surface area contributed by atoms with Gasteiger partial charge in [0.15, 0.2) is 11.5 Å². The van der Waals surface area contributed by atoms with Gasteiger partial charge in [-0.3, -0.25) is 0 Å². The fourth-order valence-corrected chi connectivity index (χ4v) is 4.31. The molecule has 3 aromatic carbocycles. The van der Waals surface area contributed by atoms with E-state index in [9.17, 15) is 45.6 Å². The van der Waals surface area contributed by atoms with Crippen LogP contribution < -0.4 is 10.4 Å². The van der Waals surface area contributed by atoms with Gasteiger partial charge in [0.1, 0.15) is 41.5 Å². The molecule has 1 aliphatic heterocycles. The van der Waals surface area contributed by atoms with Crippen molar-refractivity contribution in [1.29, 1.82) is 0 Å². The van der Waals surface area contributed by atoms with Crippen molar-refractivity contribution in [1.82, 2.24) is 0 Å². The number of phenolic OH excluding ortho intramolecular Hbond substituents is 4. The van der Waals surface area contributed by atoms with Crippen LogP contribution in [0.15, 0.2) is 39.5 Å². The summed E-state index contributed by atoms with van der Waals surface area (Å²) in [7, 11) is 0. The average molecular weight is 488 g/mol. The lowest BCUT2D eigenvalue weighted by Gasteiger charge is -2.39. The molecule has 0 radical (unpaired) electrons. The molecule has 5 atom stereocenters. The standard InChI is InChI=1S/C23H20O12/c24-6-13-17(28)19(30)20(31)23(34-13)33-12-5-8-14-9(4-11(26)16(27)18(14)29)22(32)35-21(8)7-2-1-3-10(25)15(7)12/h1-5,13,17,19-20,23-31H,6H2. The number of phenols is 4. The van der Waals surface area contributed by atoms with Crippen LogP contribution in [0.1, 0.15) is 0 Å². The molecule has 1 saturated heterocycles. The van der Waals surface area contributed by atoms with Crippen molar-refractivity contribution in [2.24, 2.45) is 0 Å². The molecule has 35 heavy (non-hydrogen) atoms. The Morgan fingerprint density at radius 2 is 1.57 bits per heavy atom. The molecular weight excluding hydrogens is 468 g/mol. The molecule has 0 amide bonds. The minimum Gasteiger partial charge on any atom is -0.507 e. The highest BCUT2D eigenvalue weighted by molar-refractivity contribution is 6.19. The molecule has 0 saturated carbocycles. The maximum Gasteiger partial charge on any atom is 0.344 e. The lowest BCUT2D eigenvalue weighted by molar-refractivity contribution is -0.277. The summed E-state index contributed by atoms with van der Waals surface area (Å²) in [5, 5.41) is 80.7. The molecule has 0 spiro atoms. The van der Waals surface area contributed by atoms with Crippen molar-refractivity contribution in [3.05, 3.63) is 40.8 Å². The van der Waals surface area contributed by atoms with E-state index in [0.29, 0.717) is 0 Å². The van der Waals surface area contributed by atoms with Gasteiger partial charge in [0, 0.05) is 16.2 Å². The first kappa shape index (κ1) is 23.0. The van der Waals surface area contributed by atoms with Crippen molar-refractivity contribution in [2.75, 3.05) is 6.61 Å². The Bertz CT molecular complexity index is 1530. The molecule has 8 N–H and O–H groups in total. The zero-order valence-corrected chi connectivity index (χ0v) is 17.7. The van der Waals surface area contributed by atoms with Crippen LogP contribution in [0.2, 0.25) is 0 Å². The second kappa shape index (κ2) is 8.15. The van der Waals surface area contributed by atoms with Crippen molar-refractivity contribution < 1.29 is 54.7 Å². The summed E-state index contributed by atoms with van der Waals surface area (Å²) in [6.45, 7) is -0.693. The van der Waals surface area contributed by atoms with Gasteiger partial charge in [-0.25, -0.2) is 4.79 Å². The van der Waals surface area contributed by atoms with E-state index in [1.807, 2.05) is 0 Å². The van der Waals surface area contributed by atoms with E-state index in [1.165, 1.54) is 24.3 Å². The second-order valence-corrected chi connectivity index (χ2v) is 8.17. The third-order valence-electron chi connectivity index (χ3n) is 6.08. The highest BCUT2D eigenvalue weighted by Gasteiger charge is 2.45. The molecule has 1 aliphatic rings. The number of aliphatic hydroxyl groups is 4. The molecule has 1 aromatic heterocycles. The number of rotatable bonds is 3. The van der Waals surface area contributed by atoms with E-state index >= 15 is 0 Å². The predicted molar refractivity (Wildman–Crippen MR) is 119 cm³/mol. The fraction of sp³-hybridized carbons (Fsp3) is 0.261. The number of ether oxygens (including phenoxy) is 2. The number of aliphatic hydroxyl groups excluding tert-OH is 4. The van der Waals surface area contributed by atoms with Gasteiger partial charge in [0.25, 0.3) is 0 Å². The van der Waals surface area contributed by atoms with E-state index in [4.69, 9.17) is 13.9 Å². The second-order valence-electron chi connectivity index (χ2n) is 8.17. The smallest absolute Gasteiger partial charge is 0.344 e. The van der Waals surface area contributed by atoms with Gasteiger partial charge in [0.2, 0.25) is 12.0 Å². The first-order valence-corrected chi connectivity index (χ1v) is 10.4. The largest absolute Gasteiger partial charge is 0.507 e. The molecule has 0 bridgehead atoms. The molecule has 0 aliphatic carbocycles. The van der Waals surface area contributed by atoms with Gasteiger partial charge in [-0.05, 0) is 18.2 Å². The van der Waals surface area contributed by atoms with Gasteiger partial charge < -0.3 is 54.7 Å². The van der Waals surface area contributed by atoms with Gasteiger partial charge in [-0.1, -0.05) is 12.1 Å². The minimum atomic E-state index is -1.76. The van der Waals surface area contributed by atoms with E-state index in [0.717, 1.165) is 6.07 Å². The lowest BCUT2D eigenvalue weighted by Crippen LogP contribution is -2.60. The zero-order chi connectivity index (χ0) is 25.2. The predicted octanol–water partition coefficient (Wildman–Crippen LogP) is 0.100. The van der Waals surface area contributed by atoms with Crippen LogP contribution in [0.25, 0.3) is 32.5 Å². The Kier molecular flexibility index (Phi) is 5.34. The Labute approximate surface area is 194 Å². The average Bonchev–Trinajstić information content (AvgIpc) is 2.83. The van der Waals surface area contributed by atoms with E-state index in [1.54, 1.807) is 0 Å². The summed E-state index contributed by atoms with van der Waals surface area (Å²) in [6, 6.07) is 6.40. The summed E-state index contributed by atoms with van der Waals surface area (Å²) < 4.78 is 16.6. The van der Waals surface area contributed by atoms with Crippen molar-refractivity contribution in [2.45, 2.75) is 30.7 Å². The van der Waals surface area contributed by atoms with Crippen LogP contribution in [-0.2, 0) is 4.74 Å². The summed E-state index contributed by atoms with van der Waals surface area (Å²) in [6.07, 6.45) is -7.99. The molecule has 12 nitrogen and oxygen atoms in total. The molecule has 1 fully saturated rings. The van der Waals surface area contributed by atoms with Crippen molar-refractivity contribution in [3.8, 4) is 28.7 Å². The topological polar surface area (TPSA) is 211 Å². The van der Waals surface area contributed by atoms with E-state index in [-0.39, 0.29) is 44.0 Å². The Morgan fingerprint density at radius 1 is 0.829 bits per heavy atom. The number of hydrogen-bond donors (Lipinski definition) is 8. The molecule has 5 unspecified atom stereocenters. The van der Waals surface area contributed by atoms with Gasteiger partial charge in [0.05, 0.1) is 17.4 Å². The number of aromatic hydroxyl groups is 4. The monoisotopic (exact) mass is 488 g/mol. The number of hydrogen-bond acceptors (Lipinski definition) is 12. The first-order valence-electron chi connectivity index (χ1n) is 10.4. The molecule has 4 aromatic rings. The van der Waals surface area contributed by atoms with Gasteiger partial charge >= 0.3 is 5.63 Å². The van der Waals surface area contributed by atoms with Crippen LogP contribution in [0, 0.1) is 0 Å². The SMILES string of the molecule is O=c1oc2c3cccc(O)c3c(OC3OC(CO)C(O)C(O)C3O)cc2c2c(O)c(O)c(O)cc12. The first-order chi connectivity index (χ1) is 16.6. The maximum absolute atomic E-state index is 12.6. The highest BCUT2D eigenvalue weighted by atomic mass is 16.7. The van der Waals surface area contributed by atoms with E-state index in [2.05, 4.69) is 0 Å². The Balaban J connectivity index is 1.81. The lowest BCUT2D eigenvalue weighted by atomic mass is 9.98. The molecule has 12 heteroatoms. The van der Waals surface area contributed by atoms with Crippen LogP contribution in [-0.4, -0.2) is 78.2 Å². The molecular formula is C23H20O12. The normalized spacial score (nSPS) is 24.9. The van der Waals surface area contributed by atoms with Crippen LogP contribution in [0.3, 0.4) is 0 Å². The van der Waals surface area contributed by atoms with Gasteiger partial charge in [-0.2, -0.15) is 0 Å². The summed E-state index contributed by atoms with van der Waals surface area (Å²) >= 11 is 0. The quantitative estimate of drug-likeness (QED) is 0.110. The Hall–Kier alpha value is -3.81. The highest BCUT2D eigenvalue weighted by Crippen LogP contribution is 2.46. The van der Waals surface area contributed by atoms with Crippen LogP contribution >= 0.6 is 0 Å². The van der Waals surface area contributed by atoms with Crippen molar-refractivity contribution >= 4 is 32.5 Å². The maximum atomic E-state index is 12.6. The molecule has 5 rings (SSSR count). The summed E-state index contributed by atoms with van der Waals surface area (Å²) in [4.78, 5) is 12.6. The molecule has 184 valence electrons. The van der Waals surface area contributed by atoms with Crippen LogP contribution in [0.4, 0.5) is 0 Å². The third-order valence-corrected chi connectivity index (χ3v) is 6.08. The Morgan fingerprint density at radius 3 is 2.29 bits per heavy atom. The third kappa shape index (κ3) is 3.38. The van der Waals surface area contributed by atoms with Gasteiger partial charge in [-0.15, -0.1) is 0 Å². The fourth-order valence-electron chi connectivity index (χ4n) is 4.31. The van der Waals surface area contributed by atoms with Crippen LogP contribution in [0.5, 0.6) is 28.7 Å². The van der Waals surface area contributed by atoms with Crippen molar-refractivity contribution in [3.63, 3.8) is 0 Å². The number of benzene rings is 3. The van der Waals surface area contributed by atoms with E-state index < -0.39 is 60.2 Å². The molecule has 2 heterocycles. The summed E-state index contributed by atoms with van der Waals surface area (Å²) in [5.74, 6) is -2.91. The zero-order valence-electron chi connectivity index (χ0n) is 17.7. The minimum absolute atomic E-state index is 0.0157. The number of fused-ring (bicyclic) bond motifs is 5.